The zero-order chi connectivity index (χ0) is 111. The van der Waals surface area contributed by atoms with Gasteiger partial charge in [0.25, 0.3) is 0 Å². The predicted octanol–water partition coefficient (Wildman–Crippen LogP) is 42.1. The van der Waals surface area contributed by atoms with Crippen molar-refractivity contribution in [3.05, 3.63) is 133 Å². The molecular weight excluding hydrogens is 1890 g/mol. The van der Waals surface area contributed by atoms with E-state index in [0.29, 0.717) is 50.9 Å². The fourth-order valence-corrected chi connectivity index (χ4v) is 24.2. The third kappa shape index (κ3) is 41.7. The first-order valence-corrected chi connectivity index (χ1v) is 63.5. The van der Waals surface area contributed by atoms with Crippen LogP contribution in [0.5, 0.6) is 0 Å². The summed E-state index contributed by atoms with van der Waals surface area (Å²) >= 11 is 0. The van der Waals surface area contributed by atoms with Gasteiger partial charge in [0.1, 0.15) is 0 Å². The van der Waals surface area contributed by atoms with E-state index in [-0.39, 0.29) is 25.8 Å². The molecule has 0 saturated heterocycles. The summed E-state index contributed by atoms with van der Waals surface area (Å²) in [6.07, 6.45) is 68.0. The van der Waals surface area contributed by atoms with Crippen LogP contribution in [0.4, 0.5) is 0 Å². The Balaban J connectivity index is 1.61. The second-order valence-corrected chi connectivity index (χ2v) is 55.4. The average Bonchev–Trinajstić information content (AvgIpc) is 0.665. The second kappa shape index (κ2) is 64.7. The zero-order valence-corrected chi connectivity index (χ0v) is 103. The molecule has 0 spiro atoms. The lowest BCUT2D eigenvalue weighted by Gasteiger charge is -2.43. The monoisotopic (exact) mass is 2110 g/mol. The number of hydrogen-bond donors (Lipinski definition) is 3. The first-order chi connectivity index (χ1) is 71.0. The Morgan fingerprint density at radius 2 is 0.367 bits per heavy atom. The van der Waals surface area contributed by atoms with Crippen LogP contribution in [0.25, 0.3) is 66.8 Å². The number of carbonyl (C=O) groups is 4. The summed E-state index contributed by atoms with van der Waals surface area (Å²) < 4.78 is 32.6. The highest BCUT2D eigenvalue weighted by Gasteiger charge is 2.48. The first-order valence-electron chi connectivity index (χ1n) is 61.2. The van der Waals surface area contributed by atoms with Crippen molar-refractivity contribution in [2.75, 3.05) is 26.4 Å². The molecule has 0 radical (unpaired) electrons. The van der Waals surface area contributed by atoms with Gasteiger partial charge < -0.3 is 33.6 Å². The van der Waals surface area contributed by atoms with Crippen molar-refractivity contribution in [1.82, 2.24) is 0 Å². The topological polar surface area (TPSA) is 175 Å². The molecule has 0 saturated carbocycles. The number of benzene rings is 6. The Morgan fingerprint density at radius 1 is 0.207 bits per heavy atom. The molecule has 0 heterocycles. The Morgan fingerprint density at radius 3 is 0.553 bits per heavy atom. The molecule has 1 aliphatic rings. The quantitative estimate of drug-likeness (QED) is 0.0143. The summed E-state index contributed by atoms with van der Waals surface area (Å²) in [5.41, 5.74) is 12.0. The highest BCUT2D eigenvalue weighted by molar-refractivity contribution is 7.63. The van der Waals surface area contributed by atoms with E-state index in [0.717, 1.165) is 191 Å². The van der Waals surface area contributed by atoms with Crippen LogP contribution in [0, 0.1) is 0 Å². The minimum Gasteiger partial charge on any atom is -0.462 e. The largest absolute Gasteiger partial charge is 0.462 e. The fraction of sp³-hybridized carbons (Fsp3) is 0.706. The number of fused-ring (bicyclic) bond motifs is 4. The van der Waals surface area contributed by atoms with Crippen molar-refractivity contribution < 1.29 is 57.1 Å². The molecule has 1 unspecified atom stereocenters. The number of unbranched alkanes of at least 4 members (excludes halogenated alkanes) is 52. The zero-order valence-electron chi connectivity index (χ0n) is 101. The third-order valence-electron chi connectivity index (χ3n) is 31.3. The van der Waals surface area contributed by atoms with Crippen LogP contribution in [0.1, 0.15) is 639 Å². The van der Waals surface area contributed by atoms with Crippen LogP contribution in [-0.2, 0) is 66.6 Å². The lowest BCUT2D eigenvalue weighted by molar-refractivity contribution is 0.0488. The molecule has 6 aromatic rings. The van der Waals surface area contributed by atoms with Crippen molar-refractivity contribution in [3.63, 3.8) is 0 Å². The van der Waals surface area contributed by atoms with E-state index in [1.54, 1.807) is 0 Å². The molecular formula is C136H218O12P2. The van der Waals surface area contributed by atoms with Gasteiger partial charge in [0.05, 0.1) is 48.7 Å². The molecule has 7 rings (SSSR count). The van der Waals surface area contributed by atoms with Crippen molar-refractivity contribution >= 4 is 46.2 Å². The molecule has 3 N–H and O–H groups in total. The van der Waals surface area contributed by atoms with E-state index in [4.69, 9.17) is 23.3 Å². The number of hydrogen-bond acceptors (Lipinski definition) is 12. The molecule has 0 aromatic heterocycles. The smallest absolute Gasteiger partial charge is 0.338 e. The standard InChI is InChI=1S/C136H218O12P2/c1-29-33-37-41-45-49-53-57-61-65-69-73-77-81-88-144-125(137)100-92-106(129(5,6)7)115(107(93-100)130(8,9)10)104-86-85-87-105-114(104)122-116(105)120(117-108(131(11,12)13)94-101(95-109(117)132(14,15)16)126(138)145-89-82-78-74-70-66-62-58-54-50-46-42-38-34-30-2)121(118-110(133(17,18)19)96-102(97-111(118)134(20,21)22)127(139)146-90-83-79-75-71-67-63-59-55-51-47-43-39-35-31-3)123(124(122)149(141)148-150(142)143)119-112(135(23,24)25)98-103(99-113(119)136(26,27)28)128(140)147-91-84-80-76-72-68-64-60-56-52-48-44-40-36-32-4/h85-87,92-99,141-143H,29-84,88-91H2,1-28H3. The Bertz CT molecular complexity index is 4900. The summed E-state index contributed by atoms with van der Waals surface area (Å²) in [4.78, 5) is 101. The van der Waals surface area contributed by atoms with Crippen LogP contribution < -0.4 is 5.30 Å². The minimum atomic E-state index is -3.30. The lowest BCUT2D eigenvalue weighted by atomic mass is 9.62. The lowest BCUT2D eigenvalue weighted by Crippen LogP contribution is -2.29. The maximum Gasteiger partial charge on any atom is 0.338 e. The van der Waals surface area contributed by atoms with Gasteiger partial charge in [-0.05, 0) is 218 Å². The summed E-state index contributed by atoms with van der Waals surface area (Å²) in [6, 6.07) is 23.0. The number of carbonyl (C=O) groups excluding carboxylic acids is 4. The van der Waals surface area contributed by atoms with Crippen molar-refractivity contribution in [1.29, 1.82) is 0 Å². The van der Waals surface area contributed by atoms with E-state index >= 15 is 19.2 Å². The normalized spacial score (nSPS) is 12.9. The summed E-state index contributed by atoms with van der Waals surface area (Å²) in [5.74, 6) is -1.61. The molecule has 0 fully saturated rings. The van der Waals surface area contributed by atoms with Crippen LogP contribution in [0.15, 0.2) is 66.7 Å². The molecule has 12 nitrogen and oxygen atoms in total. The Kier molecular flexibility index (Phi) is 56.4. The van der Waals surface area contributed by atoms with Gasteiger partial charge in [-0.3, -0.25) is 4.31 Å². The summed E-state index contributed by atoms with van der Waals surface area (Å²) in [7, 11) is -6.43. The molecule has 150 heavy (non-hydrogen) atoms. The van der Waals surface area contributed by atoms with Crippen LogP contribution in [0.2, 0.25) is 0 Å². The molecule has 0 bridgehead atoms. The van der Waals surface area contributed by atoms with E-state index < -0.39 is 78.2 Å². The van der Waals surface area contributed by atoms with Gasteiger partial charge in [0.15, 0.2) is 0 Å². The van der Waals surface area contributed by atoms with Gasteiger partial charge in [0, 0.05) is 16.4 Å². The minimum absolute atomic E-state index is 0.257. The molecule has 0 aliphatic heterocycles. The maximum atomic E-state index is 15.7. The molecule has 0 amide bonds. The molecule has 6 aromatic carbocycles. The highest BCUT2D eigenvalue weighted by Crippen LogP contribution is 2.67. The van der Waals surface area contributed by atoms with E-state index in [1.165, 1.54) is 263 Å². The van der Waals surface area contributed by atoms with Crippen LogP contribution >= 0.6 is 17.0 Å². The Hall–Kier alpha value is -6.10. The number of ether oxygens (including phenoxy) is 4. The highest BCUT2D eigenvalue weighted by atomic mass is 31.2. The Labute approximate surface area is 920 Å². The fourth-order valence-electron chi connectivity index (χ4n) is 22.5. The van der Waals surface area contributed by atoms with E-state index in [2.05, 4.69) is 248 Å². The number of esters is 4. The van der Waals surface area contributed by atoms with Crippen LogP contribution in [-0.4, -0.2) is 65.0 Å². The molecule has 14 heteroatoms. The first kappa shape index (κ1) is 131. The van der Waals surface area contributed by atoms with Gasteiger partial charge in [-0.15, -0.1) is 0 Å². The van der Waals surface area contributed by atoms with E-state index in [9.17, 15) is 14.7 Å². The SMILES string of the molecule is CCCCCCCCCCCCCCCCOC(=O)c1cc(C(C)(C)C)c(-c2cccc3c2-c2c-3c(-c3c(C(C)(C)C)cc(C(=O)OCCCCCCCCCCCCCCCC)cc3C(C)(C)C)c(-c3c(C(C)(C)C)cc(C(=O)OCCCCCCCCCCCCCCCC)cc3C(C)(C)C)c(-c3c(C(C)(C)C)cc(C(=O)OCCCCCCCCCCCCCCCC)cc3C(C)(C)C)c2P(O)OP(O)O)c(C(C)(C)C)c1. The maximum absolute atomic E-state index is 15.7. The molecule has 844 valence electrons. The molecule has 1 atom stereocenters. The van der Waals surface area contributed by atoms with E-state index in [1.807, 2.05) is 12.1 Å². The van der Waals surface area contributed by atoms with Crippen LogP contribution in [0.3, 0.4) is 0 Å². The summed E-state index contributed by atoms with van der Waals surface area (Å²) in [6.45, 7) is 63.3. The summed E-state index contributed by atoms with van der Waals surface area (Å²) in [5, 5.41) is 0.339. The average molecular weight is 2110 g/mol. The van der Waals surface area contributed by atoms with Gasteiger partial charge in [-0.25, -0.2) is 19.2 Å². The van der Waals surface area contributed by atoms with Crippen molar-refractivity contribution in [2.45, 2.75) is 597 Å². The number of rotatable bonds is 71. The van der Waals surface area contributed by atoms with Gasteiger partial charge in [-0.2, -0.15) is 0 Å². The predicted molar refractivity (Wildman–Crippen MR) is 646 cm³/mol. The molecule has 1 aliphatic carbocycles. The van der Waals surface area contributed by atoms with Gasteiger partial charge in [-0.1, -0.05) is 546 Å². The second-order valence-electron chi connectivity index (χ2n) is 53.3. The van der Waals surface area contributed by atoms with Crippen molar-refractivity contribution in [3.8, 4) is 66.8 Å². The third-order valence-corrected chi connectivity index (χ3v) is 33.3. The van der Waals surface area contributed by atoms with Gasteiger partial charge >= 0.3 is 32.5 Å². The van der Waals surface area contributed by atoms with Crippen molar-refractivity contribution in [2.24, 2.45) is 0 Å². The van der Waals surface area contributed by atoms with Gasteiger partial charge in [0.2, 0.25) is 8.38 Å².